The normalized spacial score (nSPS) is 10.7. The summed E-state index contributed by atoms with van der Waals surface area (Å²) in [6.07, 6.45) is 8.07. The SMILES string of the molecule is CCCCCCNC(=O)c1cc(-c2cnn(C)c2C)ccn1. The van der Waals surface area contributed by atoms with Crippen LogP contribution >= 0.6 is 0 Å². The summed E-state index contributed by atoms with van der Waals surface area (Å²) in [5.41, 5.74) is 3.52. The number of carbonyl (C=O) groups excluding carboxylic acids is 1. The highest BCUT2D eigenvalue weighted by Crippen LogP contribution is 2.22. The zero-order valence-corrected chi connectivity index (χ0v) is 13.6. The quantitative estimate of drug-likeness (QED) is 0.799. The van der Waals surface area contributed by atoms with Crippen LogP contribution in [0, 0.1) is 6.92 Å². The Bertz CT molecular complexity index is 633. The first kappa shape index (κ1) is 16.2. The van der Waals surface area contributed by atoms with Crippen molar-refractivity contribution in [2.24, 2.45) is 7.05 Å². The number of nitrogens with one attached hydrogen (secondary N) is 1. The van der Waals surface area contributed by atoms with Gasteiger partial charge in [0.15, 0.2) is 0 Å². The summed E-state index contributed by atoms with van der Waals surface area (Å²) in [7, 11) is 1.91. The van der Waals surface area contributed by atoms with Gasteiger partial charge in [-0.25, -0.2) is 0 Å². The molecule has 0 saturated carbocycles. The molecule has 0 atom stereocenters. The van der Waals surface area contributed by atoms with E-state index in [0.29, 0.717) is 12.2 Å². The van der Waals surface area contributed by atoms with E-state index < -0.39 is 0 Å². The van der Waals surface area contributed by atoms with Crippen molar-refractivity contribution in [1.82, 2.24) is 20.1 Å². The molecule has 0 aliphatic carbocycles. The van der Waals surface area contributed by atoms with Crippen molar-refractivity contribution < 1.29 is 4.79 Å². The number of hydrogen-bond acceptors (Lipinski definition) is 3. The first-order valence-electron chi connectivity index (χ1n) is 7.86. The lowest BCUT2D eigenvalue weighted by Crippen LogP contribution is -2.25. The first-order valence-corrected chi connectivity index (χ1v) is 7.86. The van der Waals surface area contributed by atoms with Crippen LogP contribution in [0.15, 0.2) is 24.5 Å². The van der Waals surface area contributed by atoms with Crippen LogP contribution in [0.4, 0.5) is 0 Å². The van der Waals surface area contributed by atoms with E-state index in [2.05, 4.69) is 22.3 Å². The molecule has 1 amide bonds. The Hall–Kier alpha value is -2.17. The topological polar surface area (TPSA) is 59.8 Å². The van der Waals surface area contributed by atoms with E-state index in [1.165, 1.54) is 12.8 Å². The van der Waals surface area contributed by atoms with Crippen LogP contribution in [0.25, 0.3) is 11.1 Å². The van der Waals surface area contributed by atoms with Gasteiger partial charge in [-0.2, -0.15) is 5.10 Å². The second-order valence-corrected chi connectivity index (χ2v) is 5.51. The number of amides is 1. The predicted molar refractivity (Wildman–Crippen MR) is 87.7 cm³/mol. The van der Waals surface area contributed by atoms with Crippen molar-refractivity contribution in [1.29, 1.82) is 0 Å². The minimum Gasteiger partial charge on any atom is -0.351 e. The summed E-state index contributed by atoms with van der Waals surface area (Å²) in [4.78, 5) is 16.3. The molecule has 0 aliphatic heterocycles. The lowest BCUT2D eigenvalue weighted by molar-refractivity contribution is 0.0948. The van der Waals surface area contributed by atoms with Gasteiger partial charge in [0.2, 0.25) is 0 Å². The first-order chi connectivity index (χ1) is 10.6. The van der Waals surface area contributed by atoms with Crippen LogP contribution in [0.5, 0.6) is 0 Å². The van der Waals surface area contributed by atoms with Gasteiger partial charge in [-0.05, 0) is 31.0 Å². The van der Waals surface area contributed by atoms with Gasteiger partial charge in [-0.15, -0.1) is 0 Å². The van der Waals surface area contributed by atoms with E-state index in [-0.39, 0.29) is 5.91 Å². The zero-order chi connectivity index (χ0) is 15.9. The van der Waals surface area contributed by atoms with Crippen LogP contribution in [-0.2, 0) is 7.05 Å². The van der Waals surface area contributed by atoms with Crippen molar-refractivity contribution in [3.8, 4) is 11.1 Å². The Morgan fingerprint density at radius 1 is 1.32 bits per heavy atom. The van der Waals surface area contributed by atoms with Gasteiger partial charge in [0.05, 0.1) is 6.20 Å². The molecule has 0 aromatic carbocycles. The summed E-state index contributed by atoms with van der Waals surface area (Å²) < 4.78 is 1.82. The predicted octanol–water partition coefficient (Wildman–Crippen LogP) is 3.10. The zero-order valence-electron chi connectivity index (χ0n) is 13.6. The third kappa shape index (κ3) is 3.93. The minimum absolute atomic E-state index is 0.111. The van der Waals surface area contributed by atoms with Crippen LogP contribution in [0.3, 0.4) is 0 Å². The van der Waals surface area contributed by atoms with Crippen molar-refractivity contribution >= 4 is 5.91 Å². The summed E-state index contributed by atoms with van der Waals surface area (Å²) in [5.74, 6) is -0.111. The molecule has 5 nitrogen and oxygen atoms in total. The minimum atomic E-state index is -0.111. The maximum atomic E-state index is 12.2. The molecule has 2 rings (SSSR count). The van der Waals surface area contributed by atoms with Gasteiger partial charge >= 0.3 is 0 Å². The fourth-order valence-corrected chi connectivity index (χ4v) is 2.35. The van der Waals surface area contributed by atoms with E-state index in [4.69, 9.17) is 0 Å². The molecule has 0 fully saturated rings. The molecular formula is C17H24N4O. The fraction of sp³-hybridized carbons (Fsp3) is 0.471. The Labute approximate surface area is 131 Å². The summed E-state index contributed by atoms with van der Waals surface area (Å²) in [5, 5.41) is 7.17. The van der Waals surface area contributed by atoms with Crippen LogP contribution in [0.2, 0.25) is 0 Å². The van der Waals surface area contributed by atoms with Gasteiger partial charge in [0.25, 0.3) is 5.91 Å². The Morgan fingerprint density at radius 2 is 2.14 bits per heavy atom. The van der Waals surface area contributed by atoms with E-state index in [1.807, 2.05) is 37.0 Å². The van der Waals surface area contributed by atoms with E-state index in [9.17, 15) is 4.79 Å². The molecule has 5 heteroatoms. The van der Waals surface area contributed by atoms with E-state index in [0.717, 1.165) is 29.7 Å². The molecular weight excluding hydrogens is 276 g/mol. The maximum absolute atomic E-state index is 12.2. The van der Waals surface area contributed by atoms with Gasteiger partial charge in [0, 0.05) is 31.0 Å². The lowest BCUT2D eigenvalue weighted by atomic mass is 10.1. The Balaban J connectivity index is 2.02. The lowest BCUT2D eigenvalue weighted by Gasteiger charge is -2.06. The average Bonchev–Trinajstić information content (AvgIpc) is 2.87. The average molecular weight is 300 g/mol. The summed E-state index contributed by atoms with van der Waals surface area (Å²) >= 11 is 0. The molecule has 0 bridgehead atoms. The molecule has 22 heavy (non-hydrogen) atoms. The van der Waals surface area contributed by atoms with Crippen molar-refractivity contribution in [3.63, 3.8) is 0 Å². The van der Waals surface area contributed by atoms with E-state index in [1.54, 1.807) is 6.20 Å². The molecule has 118 valence electrons. The van der Waals surface area contributed by atoms with Crippen molar-refractivity contribution in [3.05, 3.63) is 35.9 Å². The van der Waals surface area contributed by atoms with Gasteiger partial charge in [-0.1, -0.05) is 26.2 Å². The van der Waals surface area contributed by atoms with Crippen molar-refractivity contribution in [2.45, 2.75) is 39.5 Å². The Kier molecular flexibility index (Phi) is 5.69. The molecule has 0 radical (unpaired) electrons. The molecule has 2 heterocycles. The molecule has 1 N–H and O–H groups in total. The highest BCUT2D eigenvalue weighted by molar-refractivity contribution is 5.93. The summed E-state index contributed by atoms with van der Waals surface area (Å²) in [6.45, 7) is 4.89. The molecule has 2 aromatic rings. The summed E-state index contributed by atoms with van der Waals surface area (Å²) in [6, 6.07) is 3.73. The fourth-order valence-electron chi connectivity index (χ4n) is 2.35. The second kappa shape index (κ2) is 7.73. The third-order valence-corrected chi connectivity index (χ3v) is 3.85. The molecule has 0 unspecified atom stereocenters. The molecule has 2 aromatic heterocycles. The molecule has 0 aliphatic rings. The number of rotatable bonds is 7. The third-order valence-electron chi connectivity index (χ3n) is 3.85. The number of nitrogens with zero attached hydrogens (tertiary/aromatic N) is 3. The van der Waals surface area contributed by atoms with Crippen molar-refractivity contribution in [2.75, 3.05) is 6.54 Å². The molecule has 0 saturated heterocycles. The highest BCUT2D eigenvalue weighted by atomic mass is 16.1. The van der Waals surface area contributed by atoms with Gasteiger partial charge in [-0.3, -0.25) is 14.5 Å². The smallest absolute Gasteiger partial charge is 0.269 e. The van der Waals surface area contributed by atoms with Crippen LogP contribution < -0.4 is 5.32 Å². The number of aromatic nitrogens is 3. The highest BCUT2D eigenvalue weighted by Gasteiger charge is 2.11. The number of aryl methyl sites for hydroxylation is 1. The number of hydrogen-bond donors (Lipinski definition) is 1. The van der Waals surface area contributed by atoms with Gasteiger partial charge < -0.3 is 5.32 Å². The number of carbonyl (C=O) groups is 1. The second-order valence-electron chi connectivity index (χ2n) is 5.51. The standard InChI is InChI=1S/C17H24N4O/c1-4-5-6-7-9-19-17(22)16-11-14(8-10-18-16)15-12-20-21(3)13(15)2/h8,10-12H,4-7,9H2,1-3H3,(H,19,22). The van der Waals surface area contributed by atoms with Gasteiger partial charge in [0.1, 0.15) is 5.69 Å². The number of unbranched alkanes of at least 4 members (excludes halogenated alkanes) is 3. The Morgan fingerprint density at radius 3 is 2.82 bits per heavy atom. The van der Waals surface area contributed by atoms with Crippen LogP contribution in [0.1, 0.15) is 48.8 Å². The largest absolute Gasteiger partial charge is 0.351 e. The number of pyridine rings is 1. The monoisotopic (exact) mass is 300 g/mol. The van der Waals surface area contributed by atoms with E-state index >= 15 is 0 Å². The van der Waals surface area contributed by atoms with Crippen LogP contribution in [-0.4, -0.2) is 27.2 Å². The maximum Gasteiger partial charge on any atom is 0.269 e. The molecule has 0 spiro atoms.